The van der Waals surface area contributed by atoms with Crippen molar-refractivity contribution >= 4 is 0 Å². The first kappa shape index (κ1) is 18.4. The van der Waals surface area contributed by atoms with Crippen LogP contribution in [0.2, 0.25) is 0 Å². The molecule has 1 unspecified atom stereocenters. The van der Waals surface area contributed by atoms with Crippen molar-refractivity contribution in [3.8, 4) is 5.75 Å². The van der Waals surface area contributed by atoms with Gasteiger partial charge in [-0.2, -0.15) is 0 Å². The lowest BCUT2D eigenvalue weighted by Crippen LogP contribution is -2.57. The molecule has 0 spiro atoms. The molecule has 0 radical (unpaired) electrons. The standard InChI is InChI=1S/C21H31NO3/c1-15-4-5-18-20(2,10-6-19(24)21(18,3)14-23)17(15)9-13-25-16-7-11-22-12-8-16/h7-8,11-12,17-19,23-24H,1,4-6,9-10,13-14H2,2-3H3/t17-,18?,19-,20+,21+/m1/s1. The van der Waals surface area contributed by atoms with Gasteiger partial charge in [0.05, 0.1) is 19.3 Å². The van der Waals surface area contributed by atoms with Gasteiger partial charge in [-0.25, -0.2) is 0 Å². The maximum atomic E-state index is 10.5. The molecule has 0 amide bonds. The van der Waals surface area contributed by atoms with E-state index < -0.39 is 11.5 Å². The Hall–Kier alpha value is -1.39. The van der Waals surface area contributed by atoms with E-state index in [-0.39, 0.29) is 12.0 Å². The number of ether oxygens (including phenoxy) is 1. The largest absolute Gasteiger partial charge is 0.493 e. The van der Waals surface area contributed by atoms with E-state index >= 15 is 0 Å². The molecule has 138 valence electrons. The molecule has 2 saturated carbocycles. The molecule has 2 N–H and O–H groups in total. The highest BCUT2D eigenvalue weighted by molar-refractivity contribution is 5.19. The summed E-state index contributed by atoms with van der Waals surface area (Å²) < 4.78 is 5.90. The van der Waals surface area contributed by atoms with Gasteiger partial charge in [0.25, 0.3) is 0 Å². The van der Waals surface area contributed by atoms with E-state index in [0.717, 1.165) is 37.9 Å². The van der Waals surface area contributed by atoms with E-state index in [4.69, 9.17) is 4.74 Å². The Kier molecular flexibility index (Phi) is 5.21. The molecule has 1 heterocycles. The fourth-order valence-corrected chi connectivity index (χ4v) is 5.46. The predicted molar refractivity (Wildman–Crippen MR) is 98.2 cm³/mol. The maximum Gasteiger partial charge on any atom is 0.122 e. The van der Waals surface area contributed by atoms with Crippen LogP contribution in [0.3, 0.4) is 0 Å². The first-order chi connectivity index (χ1) is 11.9. The Morgan fingerprint density at radius 2 is 2.00 bits per heavy atom. The van der Waals surface area contributed by atoms with E-state index in [9.17, 15) is 10.2 Å². The third-order valence-corrected chi connectivity index (χ3v) is 7.02. The number of pyridine rings is 1. The molecule has 25 heavy (non-hydrogen) atoms. The molecule has 0 bridgehead atoms. The number of aliphatic hydroxyl groups is 2. The fourth-order valence-electron chi connectivity index (χ4n) is 5.46. The quantitative estimate of drug-likeness (QED) is 0.801. The van der Waals surface area contributed by atoms with Crippen LogP contribution in [0.15, 0.2) is 36.7 Å². The Morgan fingerprint density at radius 3 is 2.68 bits per heavy atom. The number of aromatic nitrogens is 1. The van der Waals surface area contributed by atoms with Crippen LogP contribution in [0, 0.1) is 22.7 Å². The number of allylic oxidation sites excluding steroid dienone is 1. The minimum atomic E-state index is -0.421. The molecule has 1 aromatic heterocycles. The van der Waals surface area contributed by atoms with Gasteiger partial charge in [0, 0.05) is 17.8 Å². The lowest BCUT2D eigenvalue weighted by Gasteiger charge is -2.60. The van der Waals surface area contributed by atoms with E-state index in [0.29, 0.717) is 18.4 Å². The normalized spacial score (nSPS) is 38.2. The van der Waals surface area contributed by atoms with Crippen molar-refractivity contribution in [1.29, 1.82) is 0 Å². The first-order valence-corrected chi connectivity index (χ1v) is 9.41. The Balaban J connectivity index is 1.75. The predicted octanol–water partition coefficient (Wildman–Crippen LogP) is 3.59. The number of rotatable bonds is 5. The summed E-state index contributed by atoms with van der Waals surface area (Å²) in [6.45, 7) is 9.44. The lowest BCUT2D eigenvalue weighted by molar-refractivity contribution is -0.152. The summed E-state index contributed by atoms with van der Waals surface area (Å²) >= 11 is 0. The third kappa shape index (κ3) is 3.22. The van der Waals surface area contributed by atoms with Crippen molar-refractivity contribution < 1.29 is 14.9 Å². The van der Waals surface area contributed by atoms with Gasteiger partial charge in [0.1, 0.15) is 5.75 Å². The number of hydrogen-bond donors (Lipinski definition) is 2. The van der Waals surface area contributed by atoms with E-state index in [2.05, 4.69) is 25.4 Å². The van der Waals surface area contributed by atoms with Crippen molar-refractivity contribution in [3.05, 3.63) is 36.7 Å². The molecule has 0 saturated heterocycles. The maximum absolute atomic E-state index is 10.5. The van der Waals surface area contributed by atoms with E-state index in [1.54, 1.807) is 12.4 Å². The molecule has 1 aromatic rings. The second-order valence-corrected chi connectivity index (χ2v) is 8.35. The summed E-state index contributed by atoms with van der Waals surface area (Å²) in [4.78, 5) is 4.01. The zero-order valence-electron chi connectivity index (χ0n) is 15.4. The topological polar surface area (TPSA) is 62.6 Å². The van der Waals surface area contributed by atoms with Gasteiger partial charge < -0.3 is 14.9 Å². The highest BCUT2D eigenvalue weighted by Crippen LogP contribution is 2.61. The third-order valence-electron chi connectivity index (χ3n) is 7.02. The molecule has 2 aliphatic rings. The molecule has 0 aliphatic heterocycles. The Morgan fingerprint density at radius 1 is 1.28 bits per heavy atom. The molecule has 2 fully saturated rings. The fraction of sp³-hybridized carbons (Fsp3) is 0.667. The SMILES string of the molecule is C=C1CCC2[C@](C)(CO)[C@H](O)CC[C@@]2(C)[C@@H]1CCOc1ccncc1. The molecular formula is C21H31NO3. The summed E-state index contributed by atoms with van der Waals surface area (Å²) in [6.07, 6.45) is 7.69. The molecule has 3 rings (SSSR count). The van der Waals surface area contributed by atoms with Crippen LogP contribution in [0.1, 0.15) is 46.0 Å². The van der Waals surface area contributed by atoms with Crippen LogP contribution >= 0.6 is 0 Å². The Bertz CT molecular complexity index is 604. The molecule has 0 aromatic carbocycles. The van der Waals surface area contributed by atoms with Gasteiger partial charge in [-0.05, 0) is 61.5 Å². The Labute approximate surface area is 150 Å². The molecule has 4 heteroatoms. The average Bonchev–Trinajstić information content (AvgIpc) is 2.62. The monoisotopic (exact) mass is 345 g/mol. The van der Waals surface area contributed by atoms with Crippen molar-refractivity contribution in [1.82, 2.24) is 4.98 Å². The van der Waals surface area contributed by atoms with Gasteiger partial charge in [0.15, 0.2) is 0 Å². The van der Waals surface area contributed by atoms with Crippen LogP contribution in [0.25, 0.3) is 0 Å². The van der Waals surface area contributed by atoms with Crippen molar-refractivity contribution in [2.24, 2.45) is 22.7 Å². The van der Waals surface area contributed by atoms with Crippen molar-refractivity contribution in [3.63, 3.8) is 0 Å². The van der Waals surface area contributed by atoms with Gasteiger partial charge >= 0.3 is 0 Å². The number of nitrogens with zero attached hydrogens (tertiary/aromatic N) is 1. The van der Waals surface area contributed by atoms with Crippen molar-refractivity contribution in [2.75, 3.05) is 13.2 Å². The first-order valence-electron chi connectivity index (χ1n) is 9.41. The second-order valence-electron chi connectivity index (χ2n) is 8.35. The smallest absolute Gasteiger partial charge is 0.122 e. The zero-order chi connectivity index (χ0) is 18.1. The minimum Gasteiger partial charge on any atom is -0.493 e. The zero-order valence-corrected chi connectivity index (χ0v) is 15.4. The van der Waals surface area contributed by atoms with Gasteiger partial charge in [-0.3, -0.25) is 4.98 Å². The van der Waals surface area contributed by atoms with Crippen LogP contribution in [0.5, 0.6) is 5.75 Å². The molecule has 4 nitrogen and oxygen atoms in total. The van der Waals surface area contributed by atoms with Crippen LogP contribution < -0.4 is 4.74 Å². The summed E-state index contributed by atoms with van der Waals surface area (Å²) in [5.74, 6) is 1.52. The summed E-state index contributed by atoms with van der Waals surface area (Å²) in [6, 6.07) is 3.75. The highest BCUT2D eigenvalue weighted by Gasteiger charge is 2.57. The molecule has 2 aliphatic carbocycles. The lowest BCUT2D eigenvalue weighted by atomic mass is 9.46. The molecular weight excluding hydrogens is 314 g/mol. The average molecular weight is 345 g/mol. The second kappa shape index (κ2) is 7.08. The van der Waals surface area contributed by atoms with Gasteiger partial charge in [-0.15, -0.1) is 0 Å². The van der Waals surface area contributed by atoms with E-state index in [1.165, 1.54) is 5.57 Å². The summed E-state index contributed by atoms with van der Waals surface area (Å²) in [5.41, 5.74) is 0.944. The van der Waals surface area contributed by atoms with Crippen LogP contribution in [0.4, 0.5) is 0 Å². The summed E-state index contributed by atoms with van der Waals surface area (Å²) in [7, 11) is 0. The van der Waals surface area contributed by atoms with Crippen LogP contribution in [-0.2, 0) is 0 Å². The summed E-state index contributed by atoms with van der Waals surface area (Å²) in [5, 5.41) is 20.6. The van der Waals surface area contributed by atoms with E-state index in [1.807, 2.05) is 12.1 Å². The number of hydrogen-bond acceptors (Lipinski definition) is 4. The van der Waals surface area contributed by atoms with Crippen LogP contribution in [-0.4, -0.2) is 34.5 Å². The van der Waals surface area contributed by atoms with Gasteiger partial charge in [-0.1, -0.05) is 26.0 Å². The number of fused-ring (bicyclic) bond motifs is 1. The van der Waals surface area contributed by atoms with Gasteiger partial charge in [0.2, 0.25) is 0 Å². The highest BCUT2D eigenvalue weighted by atomic mass is 16.5. The van der Waals surface area contributed by atoms with Crippen molar-refractivity contribution in [2.45, 2.75) is 52.1 Å². The number of aliphatic hydroxyl groups excluding tert-OH is 2. The molecule has 5 atom stereocenters. The minimum absolute atomic E-state index is 0.0428.